The number of sulfonamides is 1. The number of halogens is 1. The maximum absolute atomic E-state index is 12.7. The zero-order valence-corrected chi connectivity index (χ0v) is 18.7. The summed E-state index contributed by atoms with van der Waals surface area (Å²) in [5.41, 5.74) is 1.84. The van der Waals surface area contributed by atoms with Crippen molar-refractivity contribution >= 4 is 38.9 Å². The molecule has 162 valence electrons. The van der Waals surface area contributed by atoms with E-state index in [9.17, 15) is 13.2 Å². The number of methoxy groups -OCH3 is 2. The fourth-order valence-electron chi connectivity index (χ4n) is 2.82. The number of hydrogen-bond donors (Lipinski definition) is 2. The zero-order valence-electron chi connectivity index (χ0n) is 17.1. The molecule has 3 aromatic carbocycles. The van der Waals surface area contributed by atoms with Gasteiger partial charge in [0.2, 0.25) is 0 Å². The SMILES string of the molecule is COc1ccc(C(=O)Nc2ccc(S(=O)(=O)Nc3cccc(Cl)c3C)cc2)cc1OC. The predicted molar refractivity (Wildman–Crippen MR) is 121 cm³/mol. The molecule has 0 radical (unpaired) electrons. The molecule has 0 unspecified atom stereocenters. The Balaban J connectivity index is 1.75. The maximum atomic E-state index is 12.7. The summed E-state index contributed by atoms with van der Waals surface area (Å²) < 4.78 is 38.3. The molecule has 0 aliphatic heterocycles. The molecule has 0 aromatic heterocycles. The van der Waals surface area contributed by atoms with Gasteiger partial charge in [-0.05, 0) is 67.1 Å². The Morgan fingerprint density at radius 3 is 2.26 bits per heavy atom. The number of carbonyl (C=O) groups excluding carboxylic acids is 1. The highest BCUT2D eigenvalue weighted by Crippen LogP contribution is 2.28. The third kappa shape index (κ3) is 5.10. The van der Waals surface area contributed by atoms with Gasteiger partial charge < -0.3 is 14.8 Å². The Hall–Kier alpha value is -3.23. The topological polar surface area (TPSA) is 93.7 Å². The van der Waals surface area contributed by atoms with Gasteiger partial charge in [-0.3, -0.25) is 9.52 Å². The summed E-state index contributed by atoms with van der Waals surface area (Å²) >= 11 is 6.05. The van der Waals surface area contributed by atoms with Gasteiger partial charge in [-0.1, -0.05) is 17.7 Å². The van der Waals surface area contributed by atoms with Gasteiger partial charge in [-0.15, -0.1) is 0 Å². The first-order valence-corrected chi connectivity index (χ1v) is 11.0. The Bertz CT molecular complexity index is 1210. The first kappa shape index (κ1) is 22.5. The summed E-state index contributed by atoms with van der Waals surface area (Å²) in [7, 11) is -0.825. The first-order valence-electron chi connectivity index (χ1n) is 9.16. The quantitative estimate of drug-likeness (QED) is 0.532. The van der Waals surface area contributed by atoms with Crippen LogP contribution in [0.2, 0.25) is 5.02 Å². The van der Waals surface area contributed by atoms with Crippen molar-refractivity contribution in [1.82, 2.24) is 0 Å². The fraction of sp³-hybridized carbons (Fsp3) is 0.136. The Morgan fingerprint density at radius 1 is 0.935 bits per heavy atom. The minimum absolute atomic E-state index is 0.0518. The summed E-state index contributed by atoms with van der Waals surface area (Å²) in [6, 6.07) is 15.6. The van der Waals surface area contributed by atoms with Gasteiger partial charge in [0.05, 0.1) is 24.8 Å². The van der Waals surface area contributed by atoms with Gasteiger partial charge >= 0.3 is 0 Å². The van der Waals surface area contributed by atoms with Crippen LogP contribution in [0.25, 0.3) is 0 Å². The van der Waals surface area contributed by atoms with E-state index in [1.807, 2.05) is 0 Å². The highest BCUT2D eigenvalue weighted by atomic mass is 35.5. The maximum Gasteiger partial charge on any atom is 0.261 e. The summed E-state index contributed by atoms with van der Waals surface area (Å²) in [6.07, 6.45) is 0. The van der Waals surface area contributed by atoms with E-state index in [1.165, 1.54) is 38.5 Å². The third-order valence-electron chi connectivity index (χ3n) is 4.58. The van der Waals surface area contributed by atoms with Gasteiger partial charge in [0.1, 0.15) is 0 Å². The van der Waals surface area contributed by atoms with E-state index in [0.29, 0.717) is 39.0 Å². The van der Waals surface area contributed by atoms with Crippen LogP contribution in [0.15, 0.2) is 65.6 Å². The molecule has 0 saturated heterocycles. The number of carbonyl (C=O) groups is 1. The highest BCUT2D eigenvalue weighted by molar-refractivity contribution is 7.92. The zero-order chi connectivity index (χ0) is 22.6. The van der Waals surface area contributed by atoms with Crippen molar-refractivity contribution in [2.45, 2.75) is 11.8 Å². The molecule has 0 fully saturated rings. The summed E-state index contributed by atoms with van der Waals surface area (Å²) in [5, 5.41) is 3.19. The van der Waals surface area contributed by atoms with E-state index in [0.717, 1.165) is 0 Å². The number of benzene rings is 3. The number of amides is 1. The van der Waals surface area contributed by atoms with Crippen LogP contribution in [0.4, 0.5) is 11.4 Å². The largest absolute Gasteiger partial charge is 0.493 e. The smallest absolute Gasteiger partial charge is 0.261 e. The first-order chi connectivity index (χ1) is 14.7. The molecule has 0 spiro atoms. The molecule has 31 heavy (non-hydrogen) atoms. The van der Waals surface area contributed by atoms with E-state index < -0.39 is 10.0 Å². The second-order valence-electron chi connectivity index (χ2n) is 6.57. The molecule has 3 aromatic rings. The Labute approximate surface area is 186 Å². The molecular weight excluding hydrogens is 440 g/mol. The van der Waals surface area contributed by atoms with Gasteiger partial charge in [0.25, 0.3) is 15.9 Å². The van der Waals surface area contributed by atoms with Crippen LogP contribution in [0.3, 0.4) is 0 Å². The molecule has 9 heteroatoms. The molecule has 0 atom stereocenters. The fourth-order valence-corrected chi connectivity index (χ4v) is 4.12. The van der Waals surface area contributed by atoms with Crippen molar-refractivity contribution in [3.05, 3.63) is 76.8 Å². The number of nitrogens with one attached hydrogen (secondary N) is 2. The van der Waals surface area contributed by atoms with Crippen molar-refractivity contribution in [2.75, 3.05) is 24.3 Å². The monoisotopic (exact) mass is 460 g/mol. The van der Waals surface area contributed by atoms with Crippen molar-refractivity contribution in [1.29, 1.82) is 0 Å². The number of rotatable bonds is 7. The molecule has 0 aliphatic carbocycles. The van der Waals surface area contributed by atoms with E-state index >= 15 is 0 Å². The lowest BCUT2D eigenvalue weighted by molar-refractivity contribution is 0.102. The third-order valence-corrected chi connectivity index (χ3v) is 6.37. The second-order valence-corrected chi connectivity index (χ2v) is 8.66. The van der Waals surface area contributed by atoms with Gasteiger partial charge in [-0.2, -0.15) is 0 Å². The minimum Gasteiger partial charge on any atom is -0.493 e. The summed E-state index contributed by atoms with van der Waals surface area (Å²) in [5.74, 6) is 0.569. The molecule has 1 amide bonds. The van der Waals surface area contributed by atoms with Crippen LogP contribution >= 0.6 is 11.6 Å². The number of hydrogen-bond acceptors (Lipinski definition) is 5. The molecular formula is C22H21ClN2O5S. The average molecular weight is 461 g/mol. The van der Waals surface area contributed by atoms with Crippen LogP contribution in [0, 0.1) is 6.92 Å². The second kappa shape index (κ2) is 9.28. The standard InChI is InChI=1S/C22H21ClN2O5S/c1-14-18(23)5-4-6-19(14)25-31(27,28)17-10-8-16(9-11-17)24-22(26)15-7-12-20(29-2)21(13-15)30-3/h4-13,25H,1-3H3,(H,24,26). The van der Waals surface area contributed by atoms with Gasteiger partial charge in [0.15, 0.2) is 11.5 Å². The Morgan fingerprint density at radius 2 is 1.61 bits per heavy atom. The lowest BCUT2D eigenvalue weighted by Gasteiger charge is -2.12. The molecule has 0 heterocycles. The van der Waals surface area contributed by atoms with Crippen LogP contribution in [-0.4, -0.2) is 28.5 Å². The van der Waals surface area contributed by atoms with E-state index in [4.69, 9.17) is 21.1 Å². The molecule has 7 nitrogen and oxygen atoms in total. The van der Waals surface area contributed by atoms with E-state index in [2.05, 4.69) is 10.0 Å². The minimum atomic E-state index is -3.82. The van der Waals surface area contributed by atoms with Gasteiger partial charge in [0, 0.05) is 16.3 Å². The molecule has 0 bridgehead atoms. The van der Waals surface area contributed by atoms with Crippen molar-refractivity contribution in [3.8, 4) is 11.5 Å². The summed E-state index contributed by atoms with van der Waals surface area (Å²) in [6.45, 7) is 1.73. The lowest BCUT2D eigenvalue weighted by Crippen LogP contribution is -2.15. The predicted octanol–water partition coefficient (Wildman–Crippen LogP) is 4.72. The highest BCUT2D eigenvalue weighted by Gasteiger charge is 2.17. The van der Waals surface area contributed by atoms with Crippen molar-refractivity contribution in [2.24, 2.45) is 0 Å². The van der Waals surface area contributed by atoms with Crippen LogP contribution in [0.5, 0.6) is 11.5 Å². The number of anilines is 2. The van der Waals surface area contributed by atoms with Crippen LogP contribution < -0.4 is 19.5 Å². The normalized spacial score (nSPS) is 11.0. The van der Waals surface area contributed by atoms with Gasteiger partial charge in [-0.25, -0.2) is 8.42 Å². The average Bonchev–Trinajstić information content (AvgIpc) is 2.76. The van der Waals surface area contributed by atoms with E-state index in [1.54, 1.807) is 43.3 Å². The van der Waals surface area contributed by atoms with E-state index in [-0.39, 0.29) is 10.8 Å². The van der Waals surface area contributed by atoms with Crippen molar-refractivity contribution in [3.63, 3.8) is 0 Å². The van der Waals surface area contributed by atoms with Crippen molar-refractivity contribution < 1.29 is 22.7 Å². The Kier molecular flexibility index (Phi) is 6.72. The molecule has 0 saturated carbocycles. The summed E-state index contributed by atoms with van der Waals surface area (Å²) in [4.78, 5) is 12.6. The van der Waals surface area contributed by atoms with Crippen LogP contribution in [-0.2, 0) is 10.0 Å². The molecule has 0 aliphatic rings. The molecule has 2 N–H and O–H groups in total. The lowest BCUT2D eigenvalue weighted by atomic mass is 10.2. The van der Waals surface area contributed by atoms with Crippen LogP contribution in [0.1, 0.15) is 15.9 Å². The molecule has 3 rings (SSSR count). The number of ether oxygens (including phenoxy) is 2.